The second-order valence-corrected chi connectivity index (χ2v) is 5.54. The molecule has 0 saturated heterocycles. The molecule has 0 aliphatic carbocycles. The zero-order chi connectivity index (χ0) is 15.6. The van der Waals surface area contributed by atoms with E-state index in [1.54, 1.807) is 25.2 Å². The lowest BCUT2D eigenvalue weighted by molar-refractivity contribution is 0.0785. The zero-order valence-electron chi connectivity index (χ0n) is 11.2. The van der Waals surface area contributed by atoms with Crippen LogP contribution in [-0.2, 0) is 6.54 Å². The molecule has 0 atom stereocenters. The third kappa shape index (κ3) is 3.86. The average Bonchev–Trinajstić information content (AvgIpc) is 2.39. The van der Waals surface area contributed by atoms with Crippen molar-refractivity contribution < 1.29 is 9.18 Å². The highest BCUT2D eigenvalue weighted by Gasteiger charge is 2.16. The lowest BCUT2D eigenvalue weighted by Crippen LogP contribution is -2.27. The fourth-order valence-corrected chi connectivity index (χ4v) is 2.54. The number of amides is 1. The van der Waals surface area contributed by atoms with Gasteiger partial charge in [0, 0.05) is 29.3 Å². The van der Waals surface area contributed by atoms with Crippen LogP contribution in [0.25, 0.3) is 0 Å². The smallest absolute Gasteiger partial charge is 0.256 e. The van der Waals surface area contributed by atoms with Gasteiger partial charge in [-0.2, -0.15) is 0 Å². The first-order chi connectivity index (χ1) is 9.86. The maximum absolute atomic E-state index is 13.2. The summed E-state index contributed by atoms with van der Waals surface area (Å²) in [5.74, 6) is -0.880. The SMILES string of the molecule is CN(Cc1cc(Cl)cc(Cl)c1)C(=O)c1cc(F)ccc1N. The van der Waals surface area contributed by atoms with Crippen molar-refractivity contribution in [3.05, 3.63) is 63.4 Å². The predicted molar refractivity (Wildman–Crippen MR) is 83.1 cm³/mol. The number of hydrogen-bond donors (Lipinski definition) is 1. The first-order valence-corrected chi connectivity index (χ1v) is 6.88. The van der Waals surface area contributed by atoms with E-state index in [4.69, 9.17) is 28.9 Å². The number of benzene rings is 2. The van der Waals surface area contributed by atoms with Gasteiger partial charge in [-0.05, 0) is 42.0 Å². The number of anilines is 1. The topological polar surface area (TPSA) is 46.3 Å². The molecule has 6 heteroatoms. The van der Waals surface area contributed by atoms with Crippen LogP contribution in [0.2, 0.25) is 10.0 Å². The second-order valence-electron chi connectivity index (χ2n) is 4.67. The Balaban J connectivity index is 2.21. The Bertz CT molecular complexity index is 671. The van der Waals surface area contributed by atoms with Crippen molar-refractivity contribution in [1.82, 2.24) is 4.90 Å². The summed E-state index contributed by atoms with van der Waals surface area (Å²) < 4.78 is 13.2. The molecule has 2 aromatic carbocycles. The normalized spacial score (nSPS) is 10.5. The molecule has 0 radical (unpaired) electrons. The van der Waals surface area contributed by atoms with Gasteiger partial charge in [0.05, 0.1) is 5.56 Å². The number of nitrogens with zero attached hydrogens (tertiary/aromatic N) is 1. The van der Waals surface area contributed by atoms with E-state index in [1.807, 2.05) is 0 Å². The molecular weight excluding hydrogens is 314 g/mol. The lowest BCUT2D eigenvalue weighted by atomic mass is 10.1. The average molecular weight is 327 g/mol. The molecule has 0 saturated carbocycles. The molecule has 2 aromatic rings. The Morgan fingerprint density at radius 1 is 1.19 bits per heavy atom. The van der Waals surface area contributed by atoms with E-state index >= 15 is 0 Å². The fourth-order valence-electron chi connectivity index (χ4n) is 1.97. The predicted octanol–water partition coefficient (Wildman–Crippen LogP) is 3.99. The Morgan fingerprint density at radius 2 is 1.81 bits per heavy atom. The molecule has 2 rings (SSSR count). The summed E-state index contributed by atoms with van der Waals surface area (Å²) in [4.78, 5) is 13.7. The van der Waals surface area contributed by atoms with Crippen molar-refractivity contribution in [2.45, 2.75) is 6.54 Å². The maximum Gasteiger partial charge on any atom is 0.256 e. The van der Waals surface area contributed by atoms with Gasteiger partial charge in [0.1, 0.15) is 5.82 Å². The minimum Gasteiger partial charge on any atom is -0.398 e. The molecule has 1 amide bonds. The van der Waals surface area contributed by atoms with Crippen LogP contribution in [-0.4, -0.2) is 17.9 Å². The monoisotopic (exact) mass is 326 g/mol. The molecule has 0 aromatic heterocycles. The minimum atomic E-state index is -0.508. The van der Waals surface area contributed by atoms with E-state index in [-0.39, 0.29) is 23.7 Å². The number of rotatable bonds is 3. The Kier molecular flexibility index (Phi) is 4.70. The highest BCUT2D eigenvalue weighted by atomic mass is 35.5. The van der Waals surface area contributed by atoms with Crippen molar-refractivity contribution >= 4 is 34.8 Å². The van der Waals surface area contributed by atoms with Crippen LogP contribution in [0.4, 0.5) is 10.1 Å². The Labute approximate surface area is 132 Å². The highest BCUT2D eigenvalue weighted by molar-refractivity contribution is 6.34. The van der Waals surface area contributed by atoms with Gasteiger partial charge in [0.15, 0.2) is 0 Å². The van der Waals surface area contributed by atoms with Gasteiger partial charge in [-0.15, -0.1) is 0 Å². The van der Waals surface area contributed by atoms with E-state index in [0.717, 1.165) is 11.6 Å². The van der Waals surface area contributed by atoms with Crippen LogP contribution in [0.15, 0.2) is 36.4 Å². The summed E-state index contributed by atoms with van der Waals surface area (Å²) in [6.45, 7) is 0.287. The molecule has 110 valence electrons. The summed E-state index contributed by atoms with van der Waals surface area (Å²) >= 11 is 11.8. The number of halogens is 3. The number of nitrogens with two attached hydrogens (primary N) is 1. The third-order valence-corrected chi connectivity index (χ3v) is 3.37. The quantitative estimate of drug-likeness (QED) is 0.867. The van der Waals surface area contributed by atoms with Crippen LogP contribution in [0, 0.1) is 5.82 Å². The molecule has 0 aliphatic rings. The van der Waals surface area contributed by atoms with Crippen molar-refractivity contribution in [2.24, 2.45) is 0 Å². The summed E-state index contributed by atoms with van der Waals surface area (Å²) in [7, 11) is 1.60. The number of carbonyl (C=O) groups excluding carboxylic acids is 1. The van der Waals surface area contributed by atoms with E-state index in [0.29, 0.717) is 10.0 Å². The van der Waals surface area contributed by atoms with Crippen LogP contribution in [0.1, 0.15) is 15.9 Å². The molecule has 0 bridgehead atoms. The van der Waals surface area contributed by atoms with E-state index in [9.17, 15) is 9.18 Å². The lowest BCUT2D eigenvalue weighted by Gasteiger charge is -2.18. The van der Waals surface area contributed by atoms with Crippen molar-refractivity contribution in [3.63, 3.8) is 0 Å². The van der Waals surface area contributed by atoms with Gasteiger partial charge in [-0.25, -0.2) is 4.39 Å². The molecule has 0 unspecified atom stereocenters. The van der Waals surface area contributed by atoms with Crippen LogP contribution >= 0.6 is 23.2 Å². The number of nitrogen functional groups attached to an aromatic ring is 1. The van der Waals surface area contributed by atoms with Gasteiger partial charge in [0.2, 0.25) is 0 Å². The Morgan fingerprint density at radius 3 is 2.43 bits per heavy atom. The first kappa shape index (κ1) is 15.6. The van der Waals surface area contributed by atoms with Gasteiger partial charge in [-0.1, -0.05) is 23.2 Å². The third-order valence-electron chi connectivity index (χ3n) is 2.93. The fraction of sp³-hybridized carbons (Fsp3) is 0.133. The van der Waals surface area contributed by atoms with Crippen LogP contribution < -0.4 is 5.73 Å². The van der Waals surface area contributed by atoms with E-state index < -0.39 is 5.82 Å². The minimum absolute atomic E-state index is 0.130. The number of hydrogen-bond acceptors (Lipinski definition) is 2. The molecule has 21 heavy (non-hydrogen) atoms. The summed E-state index contributed by atoms with van der Waals surface area (Å²) in [5.41, 5.74) is 6.85. The number of carbonyl (C=O) groups is 1. The van der Waals surface area contributed by atoms with Gasteiger partial charge in [0.25, 0.3) is 5.91 Å². The van der Waals surface area contributed by atoms with Gasteiger partial charge in [-0.3, -0.25) is 4.79 Å². The molecular formula is C15H13Cl2FN2O. The van der Waals surface area contributed by atoms with Crippen molar-refractivity contribution in [1.29, 1.82) is 0 Å². The molecule has 0 heterocycles. The van der Waals surface area contributed by atoms with Crippen molar-refractivity contribution in [2.75, 3.05) is 12.8 Å². The van der Waals surface area contributed by atoms with Gasteiger partial charge >= 0.3 is 0 Å². The van der Waals surface area contributed by atoms with Crippen LogP contribution in [0.3, 0.4) is 0 Å². The Hall–Kier alpha value is -1.78. The summed E-state index contributed by atoms with van der Waals surface area (Å²) in [5, 5.41) is 0.979. The molecule has 0 spiro atoms. The maximum atomic E-state index is 13.2. The molecule has 2 N–H and O–H groups in total. The van der Waals surface area contributed by atoms with Crippen LogP contribution in [0.5, 0.6) is 0 Å². The van der Waals surface area contributed by atoms with Gasteiger partial charge < -0.3 is 10.6 Å². The van der Waals surface area contributed by atoms with E-state index in [1.165, 1.54) is 17.0 Å². The standard InChI is InChI=1S/C15H13Cl2FN2O/c1-20(8-9-4-10(16)6-11(17)5-9)15(21)13-7-12(18)2-3-14(13)19/h2-7H,8,19H2,1H3. The summed E-state index contributed by atoms with van der Waals surface area (Å²) in [6, 6.07) is 8.74. The van der Waals surface area contributed by atoms with Crippen molar-refractivity contribution in [3.8, 4) is 0 Å². The molecule has 3 nitrogen and oxygen atoms in total. The molecule has 0 aliphatic heterocycles. The zero-order valence-corrected chi connectivity index (χ0v) is 12.7. The van der Waals surface area contributed by atoms with E-state index in [2.05, 4.69) is 0 Å². The first-order valence-electron chi connectivity index (χ1n) is 6.12. The molecule has 0 fully saturated rings. The second kappa shape index (κ2) is 6.33. The summed E-state index contributed by atoms with van der Waals surface area (Å²) in [6.07, 6.45) is 0. The largest absolute Gasteiger partial charge is 0.398 e. The highest BCUT2D eigenvalue weighted by Crippen LogP contribution is 2.21.